The summed E-state index contributed by atoms with van der Waals surface area (Å²) in [5.41, 5.74) is 3.70. The summed E-state index contributed by atoms with van der Waals surface area (Å²) in [5, 5.41) is 5.96. The van der Waals surface area contributed by atoms with Gasteiger partial charge in [0, 0.05) is 47.6 Å². The van der Waals surface area contributed by atoms with Crippen LogP contribution in [0.5, 0.6) is 11.5 Å². The summed E-state index contributed by atoms with van der Waals surface area (Å²) in [6.45, 7) is 4.62. The SMILES string of the molecule is COc1ccc(C(=O)N2CCN(c3ccc(NC(=S)NC(=O)c4cc(Br)cc(C)c4OC)cc3)CC2)cc1. The van der Waals surface area contributed by atoms with Crippen LogP contribution in [-0.2, 0) is 0 Å². The minimum absolute atomic E-state index is 0.0260. The van der Waals surface area contributed by atoms with Crippen LogP contribution in [0.2, 0.25) is 0 Å². The van der Waals surface area contributed by atoms with Gasteiger partial charge in [0.25, 0.3) is 11.8 Å². The molecule has 0 saturated carbocycles. The van der Waals surface area contributed by atoms with Crippen molar-refractivity contribution in [3.8, 4) is 11.5 Å². The van der Waals surface area contributed by atoms with Gasteiger partial charge in [-0.15, -0.1) is 0 Å². The maximum absolute atomic E-state index is 12.8. The van der Waals surface area contributed by atoms with Gasteiger partial charge in [0.1, 0.15) is 11.5 Å². The van der Waals surface area contributed by atoms with Crippen molar-refractivity contribution < 1.29 is 19.1 Å². The fraction of sp³-hybridized carbons (Fsp3) is 0.250. The lowest BCUT2D eigenvalue weighted by Crippen LogP contribution is -2.48. The molecule has 0 aromatic heterocycles. The largest absolute Gasteiger partial charge is 0.497 e. The van der Waals surface area contributed by atoms with E-state index in [1.54, 1.807) is 37.4 Å². The van der Waals surface area contributed by atoms with E-state index in [9.17, 15) is 9.59 Å². The molecule has 0 radical (unpaired) electrons. The molecule has 0 bridgehead atoms. The van der Waals surface area contributed by atoms with Gasteiger partial charge in [0.2, 0.25) is 0 Å². The molecule has 10 heteroatoms. The molecule has 0 aliphatic carbocycles. The molecule has 0 unspecified atom stereocenters. The minimum Gasteiger partial charge on any atom is -0.497 e. The molecule has 8 nitrogen and oxygen atoms in total. The standard InChI is InChI=1S/C28H29BrN4O4S/c1-18-16-20(29)17-24(25(18)37-3)26(34)31-28(38)30-21-6-8-22(9-7-21)32-12-14-33(15-13-32)27(35)19-4-10-23(36-2)11-5-19/h4-11,16-17H,12-15H2,1-3H3,(H2,30,31,34,38). The molecule has 0 spiro atoms. The third-order valence-corrected chi connectivity index (χ3v) is 6.97. The van der Waals surface area contributed by atoms with Crippen molar-refractivity contribution in [3.63, 3.8) is 0 Å². The van der Waals surface area contributed by atoms with Crippen molar-refractivity contribution in [3.05, 3.63) is 81.8 Å². The van der Waals surface area contributed by atoms with Crippen molar-refractivity contribution in [1.29, 1.82) is 0 Å². The molecule has 1 fully saturated rings. The van der Waals surface area contributed by atoms with Crippen molar-refractivity contribution in [2.24, 2.45) is 0 Å². The number of halogens is 1. The molecule has 3 aromatic rings. The molecule has 38 heavy (non-hydrogen) atoms. The zero-order chi connectivity index (χ0) is 27.2. The van der Waals surface area contributed by atoms with Crippen LogP contribution in [0, 0.1) is 6.92 Å². The van der Waals surface area contributed by atoms with Crippen LogP contribution in [0.25, 0.3) is 0 Å². The number of piperazine rings is 1. The number of methoxy groups -OCH3 is 2. The molecule has 198 valence electrons. The Balaban J connectivity index is 1.30. The number of nitrogens with zero attached hydrogens (tertiary/aromatic N) is 2. The Kier molecular flexibility index (Phi) is 8.85. The number of nitrogens with one attached hydrogen (secondary N) is 2. The number of anilines is 2. The number of hydrogen-bond acceptors (Lipinski definition) is 6. The number of carbonyl (C=O) groups is 2. The van der Waals surface area contributed by atoms with Gasteiger partial charge in [-0.25, -0.2) is 0 Å². The first-order valence-corrected chi connectivity index (χ1v) is 13.2. The van der Waals surface area contributed by atoms with Gasteiger partial charge >= 0.3 is 0 Å². The number of aryl methyl sites for hydroxylation is 1. The molecular weight excluding hydrogens is 568 g/mol. The second-order valence-corrected chi connectivity index (χ2v) is 10.1. The predicted octanol–water partition coefficient (Wildman–Crippen LogP) is 4.86. The van der Waals surface area contributed by atoms with Crippen LogP contribution in [0.1, 0.15) is 26.3 Å². The van der Waals surface area contributed by atoms with Crippen LogP contribution in [-0.4, -0.2) is 62.2 Å². The van der Waals surface area contributed by atoms with Gasteiger partial charge in [-0.2, -0.15) is 0 Å². The predicted molar refractivity (Wildman–Crippen MR) is 157 cm³/mol. The van der Waals surface area contributed by atoms with E-state index < -0.39 is 0 Å². The van der Waals surface area contributed by atoms with Crippen molar-refractivity contribution >= 4 is 56.4 Å². The van der Waals surface area contributed by atoms with Crippen LogP contribution >= 0.6 is 28.1 Å². The maximum atomic E-state index is 12.8. The van der Waals surface area contributed by atoms with Crippen molar-refractivity contribution in [1.82, 2.24) is 10.2 Å². The van der Waals surface area contributed by atoms with Crippen LogP contribution in [0.15, 0.2) is 65.1 Å². The third-order valence-electron chi connectivity index (χ3n) is 6.31. The summed E-state index contributed by atoms with van der Waals surface area (Å²) in [6.07, 6.45) is 0. The summed E-state index contributed by atoms with van der Waals surface area (Å²) in [6, 6.07) is 18.6. The Bertz CT molecular complexity index is 1320. The molecule has 3 aromatic carbocycles. The number of benzene rings is 3. The van der Waals surface area contributed by atoms with E-state index in [1.807, 2.05) is 42.2 Å². The Labute approximate surface area is 236 Å². The average Bonchev–Trinajstić information content (AvgIpc) is 2.92. The zero-order valence-electron chi connectivity index (χ0n) is 21.4. The minimum atomic E-state index is -0.359. The Morgan fingerprint density at radius 1 is 0.921 bits per heavy atom. The summed E-state index contributed by atoms with van der Waals surface area (Å²) >= 11 is 8.78. The second kappa shape index (κ2) is 12.3. The smallest absolute Gasteiger partial charge is 0.261 e. The summed E-state index contributed by atoms with van der Waals surface area (Å²) < 4.78 is 11.3. The van der Waals surface area contributed by atoms with E-state index >= 15 is 0 Å². The average molecular weight is 598 g/mol. The van der Waals surface area contributed by atoms with Gasteiger partial charge in [-0.05, 0) is 85.4 Å². The summed E-state index contributed by atoms with van der Waals surface area (Å²) in [5.74, 6) is 0.899. The lowest BCUT2D eigenvalue weighted by Gasteiger charge is -2.36. The number of carbonyl (C=O) groups excluding carboxylic acids is 2. The van der Waals surface area contributed by atoms with Gasteiger partial charge < -0.3 is 24.6 Å². The van der Waals surface area contributed by atoms with Crippen molar-refractivity contribution in [2.45, 2.75) is 6.92 Å². The Morgan fingerprint density at radius 2 is 1.58 bits per heavy atom. The fourth-order valence-corrected chi connectivity index (χ4v) is 5.12. The molecule has 1 aliphatic heterocycles. The monoisotopic (exact) mass is 596 g/mol. The lowest BCUT2D eigenvalue weighted by atomic mass is 10.1. The highest BCUT2D eigenvalue weighted by molar-refractivity contribution is 9.10. The second-order valence-electron chi connectivity index (χ2n) is 8.77. The first-order valence-electron chi connectivity index (χ1n) is 12.0. The van der Waals surface area contributed by atoms with E-state index in [0.717, 1.165) is 40.2 Å². The van der Waals surface area contributed by atoms with Crippen molar-refractivity contribution in [2.75, 3.05) is 50.6 Å². The molecule has 2 amide bonds. The van der Waals surface area contributed by atoms with Gasteiger partial charge in [0.05, 0.1) is 19.8 Å². The molecule has 1 heterocycles. The summed E-state index contributed by atoms with van der Waals surface area (Å²) in [4.78, 5) is 29.7. The number of thiocarbonyl (C=S) groups is 1. The first kappa shape index (κ1) is 27.4. The number of ether oxygens (including phenoxy) is 2. The summed E-state index contributed by atoms with van der Waals surface area (Å²) in [7, 11) is 3.14. The zero-order valence-corrected chi connectivity index (χ0v) is 23.8. The molecule has 4 rings (SSSR count). The molecule has 0 atom stereocenters. The maximum Gasteiger partial charge on any atom is 0.261 e. The molecule has 1 saturated heterocycles. The normalized spacial score (nSPS) is 13.1. The Hall–Kier alpha value is -3.63. The van der Waals surface area contributed by atoms with Crippen LogP contribution in [0.3, 0.4) is 0 Å². The van der Waals surface area contributed by atoms with E-state index in [2.05, 4.69) is 31.5 Å². The highest BCUT2D eigenvalue weighted by Gasteiger charge is 2.22. The lowest BCUT2D eigenvalue weighted by molar-refractivity contribution is 0.0746. The van der Waals surface area contributed by atoms with Gasteiger partial charge in [0.15, 0.2) is 5.11 Å². The molecular formula is C28H29BrN4O4S. The van der Waals surface area contributed by atoms with E-state index in [0.29, 0.717) is 30.0 Å². The van der Waals surface area contributed by atoms with Crippen LogP contribution in [0.4, 0.5) is 11.4 Å². The first-order chi connectivity index (χ1) is 18.3. The third kappa shape index (κ3) is 6.43. The van der Waals surface area contributed by atoms with E-state index in [1.165, 1.54) is 7.11 Å². The van der Waals surface area contributed by atoms with Gasteiger partial charge in [-0.1, -0.05) is 15.9 Å². The highest BCUT2D eigenvalue weighted by atomic mass is 79.9. The molecule has 2 N–H and O–H groups in total. The fourth-order valence-electron chi connectivity index (χ4n) is 4.34. The molecule has 1 aliphatic rings. The topological polar surface area (TPSA) is 83.1 Å². The number of amides is 2. The Morgan fingerprint density at radius 3 is 2.18 bits per heavy atom. The van der Waals surface area contributed by atoms with Gasteiger partial charge in [-0.3, -0.25) is 14.9 Å². The number of hydrogen-bond donors (Lipinski definition) is 2. The number of rotatable bonds is 6. The highest BCUT2D eigenvalue weighted by Crippen LogP contribution is 2.28. The van der Waals surface area contributed by atoms with Crippen LogP contribution < -0.4 is 25.0 Å². The quantitative estimate of drug-likeness (QED) is 0.393. The van der Waals surface area contributed by atoms with E-state index in [-0.39, 0.29) is 16.9 Å². The van der Waals surface area contributed by atoms with E-state index in [4.69, 9.17) is 21.7 Å².